The van der Waals surface area contributed by atoms with Crippen LogP contribution in [0.15, 0.2) is 60.9 Å². The van der Waals surface area contributed by atoms with Crippen molar-refractivity contribution in [2.45, 2.75) is 19.9 Å². The molecule has 3 rings (SSSR count). The highest BCUT2D eigenvalue weighted by molar-refractivity contribution is 5.66. The third-order valence-corrected chi connectivity index (χ3v) is 4.05. The summed E-state index contributed by atoms with van der Waals surface area (Å²) in [5, 5.41) is 16.1. The molecule has 0 saturated heterocycles. The average molecular weight is 349 g/mol. The lowest BCUT2D eigenvalue weighted by molar-refractivity contribution is 0.248. The second-order valence-corrected chi connectivity index (χ2v) is 6.37. The number of nitrogens with one attached hydrogen (secondary N) is 2. The van der Waals surface area contributed by atoms with Gasteiger partial charge in [-0.3, -0.25) is 4.98 Å². The minimum Gasteiger partial charge on any atom is -0.394 e. The molecular formula is C20H23N5O. The van der Waals surface area contributed by atoms with Crippen LogP contribution < -0.4 is 10.6 Å². The Kier molecular flexibility index (Phi) is 5.76. The van der Waals surface area contributed by atoms with Crippen LogP contribution in [0.25, 0.3) is 11.3 Å². The number of anilines is 3. The van der Waals surface area contributed by atoms with Gasteiger partial charge in [0.15, 0.2) is 0 Å². The molecule has 0 unspecified atom stereocenters. The zero-order valence-corrected chi connectivity index (χ0v) is 14.9. The summed E-state index contributed by atoms with van der Waals surface area (Å²) in [7, 11) is 0. The molecule has 0 radical (unpaired) electrons. The zero-order valence-electron chi connectivity index (χ0n) is 14.9. The van der Waals surface area contributed by atoms with Crippen LogP contribution in [-0.2, 0) is 0 Å². The van der Waals surface area contributed by atoms with Gasteiger partial charge in [-0.15, -0.1) is 0 Å². The predicted octanol–water partition coefficient (Wildman–Crippen LogP) is 3.71. The van der Waals surface area contributed by atoms with E-state index in [4.69, 9.17) is 0 Å². The molecule has 1 atom stereocenters. The van der Waals surface area contributed by atoms with Crippen molar-refractivity contribution in [3.63, 3.8) is 0 Å². The Labute approximate surface area is 153 Å². The molecule has 0 saturated carbocycles. The Hall–Kier alpha value is -2.99. The molecule has 2 heterocycles. The van der Waals surface area contributed by atoms with Crippen LogP contribution in [0.3, 0.4) is 0 Å². The minimum atomic E-state index is -0.122. The molecule has 6 nitrogen and oxygen atoms in total. The van der Waals surface area contributed by atoms with Gasteiger partial charge in [-0.25, -0.2) is 4.98 Å². The molecule has 0 aliphatic rings. The Morgan fingerprint density at radius 2 is 1.85 bits per heavy atom. The van der Waals surface area contributed by atoms with E-state index in [1.165, 1.54) is 0 Å². The summed E-state index contributed by atoms with van der Waals surface area (Å²) in [6.45, 7) is 4.10. The SMILES string of the molecule is CC(C)[C@H](CO)Nc1nc(Nc2ccccc2)cc(-c2cccnc2)n1. The van der Waals surface area contributed by atoms with E-state index in [-0.39, 0.29) is 18.6 Å². The van der Waals surface area contributed by atoms with Crippen molar-refractivity contribution in [1.29, 1.82) is 0 Å². The fourth-order valence-electron chi connectivity index (χ4n) is 2.50. The van der Waals surface area contributed by atoms with E-state index >= 15 is 0 Å². The lowest BCUT2D eigenvalue weighted by Gasteiger charge is -2.20. The van der Waals surface area contributed by atoms with E-state index < -0.39 is 0 Å². The van der Waals surface area contributed by atoms with E-state index in [0.29, 0.717) is 11.8 Å². The van der Waals surface area contributed by atoms with E-state index in [1.807, 2.05) is 62.4 Å². The van der Waals surface area contributed by atoms with Crippen LogP contribution >= 0.6 is 0 Å². The first kappa shape index (κ1) is 17.8. The summed E-state index contributed by atoms with van der Waals surface area (Å²) in [5.74, 6) is 1.39. The van der Waals surface area contributed by atoms with Gasteiger partial charge in [0.1, 0.15) is 5.82 Å². The van der Waals surface area contributed by atoms with Crippen molar-refractivity contribution in [3.8, 4) is 11.3 Å². The van der Waals surface area contributed by atoms with Gasteiger partial charge < -0.3 is 15.7 Å². The topological polar surface area (TPSA) is 83.0 Å². The van der Waals surface area contributed by atoms with E-state index in [0.717, 1.165) is 16.9 Å². The second-order valence-electron chi connectivity index (χ2n) is 6.37. The number of benzene rings is 1. The van der Waals surface area contributed by atoms with Crippen molar-refractivity contribution < 1.29 is 5.11 Å². The standard InChI is InChI=1S/C20H23N5O/c1-14(2)18(13-26)24-20-23-17(15-7-6-10-21-12-15)11-19(25-20)22-16-8-4-3-5-9-16/h3-12,14,18,26H,13H2,1-2H3,(H2,22,23,24,25)/t18-/m0/s1. The maximum absolute atomic E-state index is 9.60. The van der Waals surface area contributed by atoms with E-state index in [2.05, 4.69) is 25.6 Å². The molecular weight excluding hydrogens is 326 g/mol. The molecule has 0 amide bonds. The molecule has 3 N–H and O–H groups in total. The summed E-state index contributed by atoms with van der Waals surface area (Å²) in [6.07, 6.45) is 3.50. The summed E-state index contributed by atoms with van der Waals surface area (Å²) in [6, 6.07) is 15.4. The second kappa shape index (κ2) is 8.40. The van der Waals surface area contributed by atoms with Crippen molar-refractivity contribution in [1.82, 2.24) is 15.0 Å². The monoisotopic (exact) mass is 349 g/mol. The van der Waals surface area contributed by atoms with Crippen molar-refractivity contribution in [3.05, 3.63) is 60.9 Å². The zero-order chi connectivity index (χ0) is 18.4. The highest BCUT2D eigenvalue weighted by Gasteiger charge is 2.15. The Bertz CT molecular complexity index is 824. The van der Waals surface area contributed by atoms with Gasteiger partial charge in [0.2, 0.25) is 5.95 Å². The van der Waals surface area contributed by atoms with Gasteiger partial charge in [-0.05, 0) is 30.2 Å². The van der Waals surface area contributed by atoms with Gasteiger partial charge in [0, 0.05) is 29.7 Å². The number of aliphatic hydroxyl groups is 1. The first-order valence-electron chi connectivity index (χ1n) is 8.64. The van der Waals surface area contributed by atoms with Gasteiger partial charge >= 0.3 is 0 Å². The molecule has 0 aliphatic carbocycles. The number of nitrogens with zero attached hydrogens (tertiary/aromatic N) is 3. The fourth-order valence-corrected chi connectivity index (χ4v) is 2.50. The Morgan fingerprint density at radius 3 is 2.50 bits per heavy atom. The van der Waals surface area contributed by atoms with Crippen LogP contribution in [0, 0.1) is 5.92 Å². The number of hydrogen-bond donors (Lipinski definition) is 3. The molecule has 0 aliphatic heterocycles. The van der Waals surface area contributed by atoms with Crippen molar-refractivity contribution >= 4 is 17.5 Å². The molecule has 134 valence electrons. The van der Waals surface area contributed by atoms with Gasteiger partial charge in [-0.2, -0.15) is 4.98 Å². The highest BCUT2D eigenvalue weighted by Crippen LogP contribution is 2.23. The Balaban J connectivity index is 1.96. The molecule has 3 aromatic rings. The largest absolute Gasteiger partial charge is 0.394 e. The summed E-state index contributed by atoms with van der Waals surface area (Å²) < 4.78 is 0. The lowest BCUT2D eigenvalue weighted by atomic mass is 10.1. The number of aliphatic hydroxyl groups excluding tert-OH is 1. The summed E-state index contributed by atoms with van der Waals surface area (Å²) in [5.41, 5.74) is 2.60. The summed E-state index contributed by atoms with van der Waals surface area (Å²) >= 11 is 0. The third-order valence-electron chi connectivity index (χ3n) is 4.05. The minimum absolute atomic E-state index is 0.0135. The average Bonchev–Trinajstić information content (AvgIpc) is 2.67. The summed E-state index contributed by atoms with van der Waals surface area (Å²) in [4.78, 5) is 13.3. The normalized spacial score (nSPS) is 12.0. The molecule has 26 heavy (non-hydrogen) atoms. The van der Waals surface area contributed by atoms with E-state index in [1.54, 1.807) is 12.4 Å². The number of pyridine rings is 1. The van der Waals surface area contributed by atoms with Gasteiger partial charge in [-0.1, -0.05) is 32.0 Å². The first-order valence-corrected chi connectivity index (χ1v) is 8.64. The Morgan fingerprint density at radius 1 is 1.04 bits per heavy atom. The molecule has 0 bridgehead atoms. The molecule has 2 aromatic heterocycles. The van der Waals surface area contributed by atoms with Crippen molar-refractivity contribution in [2.24, 2.45) is 5.92 Å². The molecule has 0 spiro atoms. The highest BCUT2D eigenvalue weighted by atomic mass is 16.3. The predicted molar refractivity (Wildman–Crippen MR) is 104 cm³/mol. The lowest BCUT2D eigenvalue weighted by Crippen LogP contribution is -2.30. The molecule has 6 heteroatoms. The quantitative estimate of drug-likeness (QED) is 0.603. The molecule has 0 fully saturated rings. The fraction of sp³-hybridized carbons (Fsp3) is 0.250. The van der Waals surface area contributed by atoms with Crippen LogP contribution in [0.2, 0.25) is 0 Å². The third kappa shape index (κ3) is 4.55. The number of para-hydroxylation sites is 1. The van der Waals surface area contributed by atoms with E-state index in [9.17, 15) is 5.11 Å². The number of aromatic nitrogens is 3. The molecule has 1 aromatic carbocycles. The van der Waals surface area contributed by atoms with Crippen LogP contribution in [-0.4, -0.2) is 32.7 Å². The number of hydrogen-bond acceptors (Lipinski definition) is 6. The van der Waals surface area contributed by atoms with Crippen molar-refractivity contribution in [2.75, 3.05) is 17.2 Å². The van der Waals surface area contributed by atoms with Gasteiger partial charge in [0.25, 0.3) is 0 Å². The maximum Gasteiger partial charge on any atom is 0.225 e. The van der Waals surface area contributed by atoms with Crippen LogP contribution in [0.1, 0.15) is 13.8 Å². The van der Waals surface area contributed by atoms with Gasteiger partial charge in [0.05, 0.1) is 18.3 Å². The first-order chi connectivity index (χ1) is 12.7. The maximum atomic E-state index is 9.60. The number of rotatable bonds is 7. The van der Waals surface area contributed by atoms with Crippen LogP contribution in [0.4, 0.5) is 17.5 Å². The smallest absolute Gasteiger partial charge is 0.225 e. The van der Waals surface area contributed by atoms with Crippen LogP contribution in [0.5, 0.6) is 0 Å².